The normalized spacial score (nSPS) is 12.7. The van der Waals surface area contributed by atoms with Crippen LogP contribution in [0.4, 0.5) is 0 Å². The number of aliphatic hydroxyl groups is 1. The topological polar surface area (TPSA) is 38.7 Å². The van der Waals surface area contributed by atoms with Gasteiger partial charge in [0, 0.05) is 6.61 Å². The predicted molar refractivity (Wildman–Crippen MR) is 58.6 cm³/mol. The Morgan fingerprint density at radius 3 is 2.47 bits per heavy atom. The lowest BCUT2D eigenvalue weighted by atomic mass is 10.2. The molecule has 1 rings (SSSR count). The van der Waals surface area contributed by atoms with Crippen molar-refractivity contribution in [2.75, 3.05) is 19.8 Å². The third-order valence-corrected chi connectivity index (χ3v) is 1.94. The summed E-state index contributed by atoms with van der Waals surface area (Å²) in [5.41, 5.74) is 1.11. The number of benzene rings is 1. The van der Waals surface area contributed by atoms with Gasteiger partial charge in [-0.15, -0.1) is 0 Å². The van der Waals surface area contributed by atoms with Crippen LogP contribution in [0.15, 0.2) is 30.3 Å². The average molecular weight is 210 g/mol. The van der Waals surface area contributed by atoms with Crippen LogP contribution in [0, 0.1) is 0 Å². The fourth-order valence-corrected chi connectivity index (χ4v) is 1.19. The molecule has 1 atom stereocenters. The van der Waals surface area contributed by atoms with Gasteiger partial charge in [0.25, 0.3) is 0 Å². The monoisotopic (exact) mass is 210 g/mol. The van der Waals surface area contributed by atoms with Crippen molar-refractivity contribution in [2.24, 2.45) is 0 Å². The van der Waals surface area contributed by atoms with Crippen LogP contribution in [0.1, 0.15) is 12.5 Å². The minimum absolute atomic E-state index is 0.314. The van der Waals surface area contributed by atoms with Gasteiger partial charge in [-0.1, -0.05) is 30.3 Å². The molecule has 0 aromatic heterocycles. The van der Waals surface area contributed by atoms with Gasteiger partial charge in [0.1, 0.15) is 6.10 Å². The van der Waals surface area contributed by atoms with Crippen molar-refractivity contribution in [3.8, 4) is 0 Å². The van der Waals surface area contributed by atoms with Crippen LogP contribution in [-0.2, 0) is 16.1 Å². The quantitative estimate of drug-likeness (QED) is 0.743. The first-order chi connectivity index (χ1) is 7.33. The molecule has 0 radical (unpaired) electrons. The summed E-state index contributed by atoms with van der Waals surface area (Å²) in [5, 5.41) is 9.41. The van der Waals surface area contributed by atoms with E-state index < -0.39 is 6.10 Å². The lowest BCUT2D eigenvalue weighted by molar-refractivity contribution is -0.0208. The minimum atomic E-state index is -0.534. The maximum Gasteiger partial charge on any atom is 0.101 e. The van der Waals surface area contributed by atoms with Crippen LogP contribution >= 0.6 is 0 Å². The SMILES string of the molecule is CCOC[C@@H](O)COCc1ccccc1. The zero-order valence-corrected chi connectivity index (χ0v) is 9.06. The third-order valence-electron chi connectivity index (χ3n) is 1.94. The first-order valence-corrected chi connectivity index (χ1v) is 5.20. The Hall–Kier alpha value is -0.900. The summed E-state index contributed by atoms with van der Waals surface area (Å²) < 4.78 is 10.4. The molecule has 0 aliphatic heterocycles. The van der Waals surface area contributed by atoms with Gasteiger partial charge >= 0.3 is 0 Å². The summed E-state index contributed by atoms with van der Waals surface area (Å²) in [5.74, 6) is 0. The molecule has 0 aliphatic rings. The van der Waals surface area contributed by atoms with Crippen molar-refractivity contribution in [1.82, 2.24) is 0 Å². The molecule has 0 amide bonds. The van der Waals surface area contributed by atoms with Crippen LogP contribution in [0.5, 0.6) is 0 Å². The number of hydrogen-bond donors (Lipinski definition) is 1. The summed E-state index contributed by atoms with van der Waals surface area (Å²) in [6.07, 6.45) is -0.534. The molecule has 3 nitrogen and oxygen atoms in total. The van der Waals surface area contributed by atoms with Gasteiger partial charge < -0.3 is 14.6 Å². The van der Waals surface area contributed by atoms with Crippen LogP contribution in [0.2, 0.25) is 0 Å². The van der Waals surface area contributed by atoms with E-state index in [4.69, 9.17) is 9.47 Å². The molecular weight excluding hydrogens is 192 g/mol. The Balaban J connectivity index is 2.11. The molecule has 15 heavy (non-hydrogen) atoms. The van der Waals surface area contributed by atoms with Crippen molar-refractivity contribution in [3.05, 3.63) is 35.9 Å². The van der Waals surface area contributed by atoms with E-state index in [1.165, 1.54) is 0 Å². The van der Waals surface area contributed by atoms with Crippen molar-refractivity contribution in [1.29, 1.82) is 0 Å². The van der Waals surface area contributed by atoms with E-state index in [1.54, 1.807) is 0 Å². The molecule has 84 valence electrons. The maximum absolute atomic E-state index is 9.41. The van der Waals surface area contributed by atoms with Gasteiger partial charge in [-0.25, -0.2) is 0 Å². The Labute approximate surface area is 90.6 Å². The Kier molecular flexibility index (Phi) is 6.00. The highest BCUT2D eigenvalue weighted by Crippen LogP contribution is 2.00. The molecule has 0 spiro atoms. The second-order valence-electron chi connectivity index (χ2n) is 3.31. The smallest absolute Gasteiger partial charge is 0.101 e. The number of hydrogen-bond acceptors (Lipinski definition) is 3. The minimum Gasteiger partial charge on any atom is -0.388 e. The highest BCUT2D eigenvalue weighted by molar-refractivity contribution is 5.13. The molecule has 1 aromatic rings. The molecule has 1 N–H and O–H groups in total. The van der Waals surface area contributed by atoms with E-state index in [0.29, 0.717) is 26.4 Å². The molecule has 0 saturated heterocycles. The summed E-state index contributed by atoms with van der Waals surface area (Å²) in [7, 11) is 0. The highest BCUT2D eigenvalue weighted by Gasteiger charge is 2.03. The predicted octanol–water partition coefficient (Wildman–Crippen LogP) is 1.60. The molecule has 0 saturated carbocycles. The van der Waals surface area contributed by atoms with Gasteiger partial charge in [-0.3, -0.25) is 0 Å². The fourth-order valence-electron chi connectivity index (χ4n) is 1.19. The first-order valence-electron chi connectivity index (χ1n) is 5.20. The molecule has 0 unspecified atom stereocenters. The molecule has 0 bridgehead atoms. The van der Waals surface area contributed by atoms with Crippen LogP contribution in [-0.4, -0.2) is 31.0 Å². The number of ether oxygens (including phenoxy) is 2. The molecule has 0 heterocycles. The molecular formula is C12H18O3. The van der Waals surface area contributed by atoms with Crippen LogP contribution in [0.3, 0.4) is 0 Å². The van der Waals surface area contributed by atoms with E-state index in [1.807, 2.05) is 37.3 Å². The number of aliphatic hydroxyl groups excluding tert-OH is 1. The van der Waals surface area contributed by atoms with Crippen molar-refractivity contribution in [3.63, 3.8) is 0 Å². The van der Waals surface area contributed by atoms with E-state index in [-0.39, 0.29) is 0 Å². The lowest BCUT2D eigenvalue weighted by Gasteiger charge is -2.10. The summed E-state index contributed by atoms with van der Waals surface area (Å²) in [4.78, 5) is 0. The van der Waals surface area contributed by atoms with Gasteiger partial charge in [-0.2, -0.15) is 0 Å². The molecule has 1 aromatic carbocycles. The summed E-state index contributed by atoms with van der Waals surface area (Å²) in [6, 6.07) is 9.89. The zero-order valence-electron chi connectivity index (χ0n) is 9.06. The van der Waals surface area contributed by atoms with Crippen molar-refractivity contribution < 1.29 is 14.6 Å². The van der Waals surface area contributed by atoms with Crippen LogP contribution < -0.4 is 0 Å². The van der Waals surface area contributed by atoms with E-state index in [2.05, 4.69) is 0 Å². The Morgan fingerprint density at radius 1 is 1.13 bits per heavy atom. The van der Waals surface area contributed by atoms with Gasteiger partial charge in [0.2, 0.25) is 0 Å². The van der Waals surface area contributed by atoms with Crippen LogP contribution in [0.25, 0.3) is 0 Å². The molecule has 3 heteroatoms. The summed E-state index contributed by atoms with van der Waals surface area (Å²) >= 11 is 0. The second-order valence-corrected chi connectivity index (χ2v) is 3.31. The Bertz CT molecular complexity index is 248. The zero-order chi connectivity index (χ0) is 10.9. The van der Waals surface area contributed by atoms with E-state index >= 15 is 0 Å². The van der Waals surface area contributed by atoms with Gasteiger partial charge in [0.05, 0.1) is 19.8 Å². The van der Waals surface area contributed by atoms with E-state index in [9.17, 15) is 5.11 Å². The average Bonchev–Trinajstić information content (AvgIpc) is 2.28. The standard InChI is InChI=1S/C12H18O3/c1-2-14-9-12(13)10-15-8-11-6-4-3-5-7-11/h3-7,12-13H,2,8-10H2,1H3/t12-/m1/s1. The van der Waals surface area contributed by atoms with Gasteiger partial charge in [0.15, 0.2) is 0 Å². The first kappa shape index (κ1) is 12.2. The fraction of sp³-hybridized carbons (Fsp3) is 0.500. The maximum atomic E-state index is 9.41. The number of rotatable bonds is 7. The molecule has 0 aliphatic carbocycles. The molecule has 0 fully saturated rings. The Morgan fingerprint density at radius 2 is 1.80 bits per heavy atom. The van der Waals surface area contributed by atoms with Gasteiger partial charge in [-0.05, 0) is 12.5 Å². The van der Waals surface area contributed by atoms with Crippen molar-refractivity contribution in [2.45, 2.75) is 19.6 Å². The summed E-state index contributed by atoms with van der Waals surface area (Å²) in [6.45, 7) is 3.71. The van der Waals surface area contributed by atoms with Crippen molar-refractivity contribution >= 4 is 0 Å². The lowest BCUT2D eigenvalue weighted by Crippen LogP contribution is -2.21. The van der Waals surface area contributed by atoms with E-state index in [0.717, 1.165) is 5.56 Å². The highest BCUT2D eigenvalue weighted by atomic mass is 16.5. The third kappa shape index (κ3) is 5.52. The largest absolute Gasteiger partial charge is 0.388 e. The second kappa shape index (κ2) is 7.40.